The molecule has 0 unspecified atom stereocenters. The maximum absolute atomic E-state index is 12.4. The molecular formula is C20H23N3O4S. The van der Waals surface area contributed by atoms with Crippen molar-refractivity contribution in [2.24, 2.45) is 5.92 Å². The van der Waals surface area contributed by atoms with Crippen LogP contribution in [0.3, 0.4) is 0 Å². The molecule has 3 rings (SSSR count). The van der Waals surface area contributed by atoms with Gasteiger partial charge in [-0.3, -0.25) is 4.79 Å². The molecule has 3 aromatic rings. The molecule has 0 saturated heterocycles. The van der Waals surface area contributed by atoms with E-state index in [1.54, 1.807) is 6.92 Å². The van der Waals surface area contributed by atoms with Crippen molar-refractivity contribution in [3.8, 4) is 0 Å². The van der Waals surface area contributed by atoms with Crippen LogP contribution in [0.5, 0.6) is 0 Å². The summed E-state index contributed by atoms with van der Waals surface area (Å²) in [6, 6.07) is 3.89. The molecule has 2 heterocycles. The molecule has 0 bridgehead atoms. The molecule has 0 aliphatic heterocycles. The molecule has 0 radical (unpaired) electrons. The van der Waals surface area contributed by atoms with Crippen LogP contribution in [-0.2, 0) is 16.0 Å². The average Bonchev–Trinajstić information content (AvgIpc) is 3.16. The van der Waals surface area contributed by atoms with Gasteiger partial charge in [0, 0.05) is 5.39 Å². The SMILES string of the molecule is Cc1cc2onc(CC(=O)Nc3nc(C)c(C(=O)OCC(C)C)s3)c2cc1C. The topological polar surface area (TPSA) is 94.3 Å². The summed E-state index contributed by atoms with van der Waals surface area (Å²) in [5, 5.41) is 7.94. The normalized spacial score (nSPS) is 11.2. The molecule has 148 valence electrons. The molecule has 1 N–H and O–H groups in total. The summed E-state index contributed by atoms with van der Waals surface area (Å²) < 4.78 is 10.6. The summed E-state index contributed by atoms with van der Waals surface area (Å²) in [6.07, 6.45) is 0.0568. The van der Waals surface area contributed by atoms with E-state index in [4.69, 9.17) is 9.26 Å². The van der Waals surface area contributed by atoms with Crippen molar-refractivity contribution in [3.63, 3.8) is 0 Å². The molecule has 1 aromatic carbocycles. The minimum Gasteiger partial charge on any atom is -0.461 e. The Morgan fingerprint density at radius 1 is 1.21 bits per heavy atom. The number of carbonyl (C=O) groups excluding carboxylic acids is 2. The van der Waals surface area contributed by atoms with E-state index in [9.17, 15) is 9.59 Å². The van der Waals surface area contributed by atoms with Crippen LogP contribution in [-0.4, -0.2) is 28.6 Å². The lowest BCUT2D eigenvalue weighted by Crippen LogP contribution is -2.14. The molecular weight excluding hydrogens is 378 g/mol. The monoisotopic (exact) mass is 401 g/mol. The van der Waals surface area contributed by atoms with Gasteiger partial charge in [0.1, 0.15) is 10.6 Å². The second-order valence-electron chi connectivity index (χ2n) is 7.21. The fourth-order valence-electron chi connectivity index (χ4n) is 2.63. The quantitative estimate of drug-likeness (QED) is 0.622. The third kappa shape index (κ3) is 4.39. The second kappa shape index (κ2) is 8.10. The zero-order valence-electron chi connectivity index (χ0n) is 16.6. The molecule has 1 amide bonds. The number of aryl methyl sites for hydroxylation is 3. The molecule has 0 aliphatic rings. The molecule has 0 atom stereocenters. The van der Waals surface area contributed by atoms with E-state index in [-0.39, 0.29) is 18.2 Å². The predicted molar refractivity (Wildman–Crippen MR) is 108 cm³/mol. The van der Waals surface area contributed by atoms with Crippen molar-refractivity contribution >= 4 is 39.3 Å². The number of fused-ring (bicyclic) bond motifs is 1. The van der Waals surface area contributed by atoms with Gasteiger partial charge >= 0.3 is 5.97 Å². The van der Waals surface area contributed by atoms with Crippen LogP contribution in [0.2, 0.25) is 0 Å². The summed E-state index contributed by atoms with van der Waals surface area (Å²) >= 11 is 1.11. The lowest BCUT2D eigenvalue weighted by atomic mass is 10.1. The van der Waals surface area contributed by atoms with Crippen molar-refractivity contribution in [2.75, 3.05) is 11.9 Å². The van der Waals surface area contributed by atoms with Crippen molar-refractivity contribution in [1.82, 2.24) is 10.1 Å². The average molecular weight is 401 g/mol. The molecule has 28 heavy (non-hydrogen) atoms. The number of benzene rings is 1. The number of anilines is 1. The van der Waals surface area contributed by atoms with Gasteiger partial charge in [0.15, 0.2) is 10.7 Å². The maximum atomic E-state index is 12.4. The Kier molecular flexibility index (Phi) is 5.79. The van der Waals surface area contributed by atoms with Crippen LogP contribution < -0.4 is 5.32 Å². The number of aromatic nitrogens is 2. The van der Waals surface area contributed by atoms with Gasteiger partial charge in [-0.2, -0.15) is 0 Å². The van der Waals surface area contributed by atoms with Crippen molar-refractivity contribution in [2.45, 2.75) is 41.0 Å². The highest BCUT2D eigenvalue weighted by molar-refractivity contribution is 7.17. The van der Waals surface area contributed by atoms with Gasteiger partial charge in [-0.25, -0.2) is 9.78 Å². The van der Waals surface area contributed by atoms with Gasteiger partial charge in [0.05, 0.1) is 18.7 Å². The van der Waals surface area contributed by atoms with Crippen LogP contribution >= 0.6 is 11.3 Å². The Morgan fingerprint density at radius 2 is 1.93 bits per heavy atom. The first-order chi connectivity index (χ1) is 13.2. The second-order valence-corrected chi connectivity index (χ2v) is 8.21. The molecule has 0 aliphatic carbocycles. The Morgan fingerprint density at radius 3 is 2.64 bits per heavy atom. The summed E-state index contributed by atoms with van der Waals surface area (Å²) in [5.74, 6) is -0.442. The number of ether oxygens (including phenoxy) is 1. The van der Waals surface area contributed by atoms with E-state index < -0.39 is 5.97 Å². The van der Waals surface area contributed by atoms with Crippen molar-refractivity contribution in [1.29, 1.82) is 0 Å². The highest BCUT2D eigenvalue weighted by Gasteiger charge is 2.19. The van der Waals surface area contributed by atoms with Gasteiger partial charge in [0.25, 0.3) is 0 Å². The third-order valence-electron chi connectivity index (χ3n) is 4.27. The van der Waals surface area contributed by atoms with Gasteiger partial charge in [0.2, 0.25) is 5.91 Å². The first-order valence-electron chi connectivity index (χ1n) is 9.04. The summed E-state index contributed by atoms with van der Waals surface area (Å²) in [6.45, 7) is 10.00. The third-order valence-corrected chi connectivity index (χ3v) is 5.32. The van der Waals surface area contributed by atoms with Crippen LogP contribution in [0.25, 0.3) is 11.0 Å². The number of nitrogens with one attached hydrogen (secondary N) is 1. The number of thiazole rings is 1. The smallest absolute Gasteiger partial charge is 0.350 e. The molecule has 0 fully saturated rings. The van der Waals surface area contributed by atoms with Crippen LogP contribution in [0.15, 0.2) is 16.7 Å². The van der Waals surface area contributed by atoms with E-state index in [1.165, 1.54) is 0 Å². The standard InChI is InChI=1S/C20H23N3O4S/c1-10(2)9-26-19(25)18-13(5)21-20(28-18)22-17(24)8-15-14-6-11(3)12(4)7-16(14)27-23-15/h6-7,10H,8-9H2,1-5H3,(H,21,22,24). The summed E-state index contributed by atoms with van der Waals surface area (Å²) in [4.78, 5) is 29.2. The number of rotatable bonds is 6. The zero-order chi connectivity index (χ0) is 20.4. The number of hydrogen-bond donors (Lipinski definition) is 1. The van der Waals surface area contributed by atoms with Gasteiger partial charge in [-0.1, -0.05) is 30.3 Å². The Bertz CT molecular complexity index is 1040. The Balaban J connectivity index is 1.70. The van der Waals surface area contributed by atoms with Gasteiger partial charge in [-0.05, 0) is 49.9 Å². The number of nitrogens with zero attached hydrogens (tertiary/aromatic N) is 2. The molecule has 2 aromatic heterocycles. The molecule has 8 heteroatoms. The molecule has 0 saturated carbocycles. The van der Waals surface area contributed by atoms with Crippen molar-refractivity contribution in [3.05, 3.63) is 39.5 Å². The largest absolute Gasteiger partial charge is 0.461 e. The maximum Gasteiger partial charge on any atom is 0.350 e. The minimum atomic E-state index is -0.419. The van der Waals surface area contributed by atoms with E-state index in [1.807, 2.05) is 39.8 Å². The zero-order valence-corrected chi connectivity index (χ0v) is 17.4. The van der Waals surface area contributed by atoms with E-state index in [0.29, 0.717) is 33.6 Å². The van der Waals surface area contributed by atoms with E-state index in [2.05, 4.69) is 15.5 Å². The minimum absolute atomic E-state index is 0.0568. The van der Waals surface area contributed by atoms with Crippen LogP contribution in [0, 0.1) is 26.7 Å². The van der Waals surface area contributed by atoms with Gasteiger partial charge < -0.3 is 14.6 Å². The number of esters is 1. The van der Waals surface area contributed by atoms with Crippen molar-refractivity contribution < 1.29 is 18.8 Å². The first-order valence-corrected chi connectivity index (χ1v) is 9.86. The fourth-order valence-corrected chi connectivity index (χ4v) is 3.51. The van der Waals surface area contributed by atoms with Gasteiger partial charge in [-0.15, -0.1) is 0 Å². The van der Waals surface area contributed by atoms with E-state index >= 15 is 0 Å². The lowest BCUT2D eigenvalue weighted by Gasteiger charge is -2.05. The highest BCUT2D eigenvalue weighted by atomic mass is 32.1. The molecule has 0 spiro atoms. The predicted octanol–water partition coefficient (Wildman–Crippen LogP) is 4.20. The highest BCUT2D eigenvalue weighted by Crippen LogP contribution is 2.25. The Hall–Kier alpha value is -2.74. The van der Waals surface area contributed by atoms with Crippen LogP contribution in [0.4, 0.5) is 5.13 Å². The first kappa shape index (κ1) is 20.0. The number of amides is 1. The van der Waals surface area contributed by atoms with E-state index in [0.717, 1.165) is 27.8 Å². The molecule has 7 nitrogen and oxygen atoms in total. The number of carbonyl (C=O) groups is 2. The summed E-state index contributed by atoms with van der Waals surface area (Å²) in [5.41, 5.74) is 3.98. The fraction of sp³-hybridized carbons (Fsp3) is 0.400. The van der Waals surface area contributed by atoms with Crippen LogP contribution in [0.1, 0.15) is 46.0 Å². The summed E-state index contributed by atoms with van der Waals surface area (Å²) in [7, 11) is 0. The lowest BCUT2D eigenvalue weighted by molar-refractivity contribution is -0.115. The number of hydrogen-bond acceptors (Lipinski definition) is 7. The Labute approximate surface area is 167 Å².